The van der Waals surface area contributed by atoms with Gasteiger partial charge in [-0.15, -0.1) is 0 Å². The molecular weight excluding hydrogens is 444 g/mol. The van der Waals surface area contributed by atoms with Crippen molar-refractivity contribution in [3.8, 4) is 11.8 Å². The van der Waals surface area contributed by atoms with Crippen molar-refractivity contribution >= 4 is 10.0 Å². The van der Waals surface area contributed by atoms with E-state index in [1.807, 2.05) is 6.07 Å². The van der Waals surface area contributed by atoms with Crippen LogP contribution < -0.4 is 0 Å². The molecule has 3 fully saturated rings. The molecule has 0 bridgehead atoms. The molecule has 3 aliphatic rings. The van der Waals surface area contributed by atoms with E-state index in [4.69, 9.17) is 0 Å². The van der Waals surface area contributed by atoms with E-state index in [0.717, 1.165) is 30.5 Å². The number of nitrogens with zero attached hydrogens (tertiary/aromatic N) is 2. The van der Waals surface area contributed by atoms with Crippen LogP contribution in [-0.4, -0.2) is 61.1 Å². The van der Waals surface area contributed by atoms with Gasteiger partial charge in [-0.2, -0.15) is 4.31 Å². The minimum absolute atomic E-state index is 0.0276. The molecule has 180 valence electrons. The summed E-state index contributed by atoms with van der Waals surface area (Å²) in [7, 11) is -3.55. The predicted molar refractivity (Wildman–Crippen MR) is 134 cm³/mol. The Balaban J connectivity index is 1.37. The fourth-order valence-corrected chi connectivity index (χ4v) is 7.43. The summed E-state index contributed by atoms with van der Waals surface area (Å²) in [6, 6.07) is 17.2. The van der Waals surface area contributed by atoms with Gasteiger partial charge in [0.25, 0.3) is 0 Å². The summed E-state index contributed by atoms with van der Waals surface area (Å²) in [5.74, 6) is 7.40. The van der Waals surface area contributed by atoms with E-state index < -0.39 is 10.0 Å². The molecule has 2 heterocycles. The van der Waals surface area contributed by atoms with Gasteiger partial charge in [-0.3, -0.25) is 4.90 Å². The summed E-state index contributed by atoms with van der Waals surface area (Å²) in [6.07, 6.45) is 6.76. The standard InChI is InChI=1S/C28H34N2O3S/c31-21-27-28(24-16-14-23(15-17-24)13-12-22-8-4-5-9-22)26-20-29(18-6-7-19-30(26)27)34(32,33)25-10-2-1-3-11-25/h1-3,10-11,14-17,22,26-28,31H,4-9,18-21H2/t26-,27-,28-/m1/s1. The molecule has 34 heavy (non-hydrogen) atoms. The lowest BCUT2D eigenvalue weighted by Crippen LogP contribution is -2.67. The number of hydrogen-bond acceptors (Lipinski definition) is 4. The fraction of sp³-hybridized carbons (Fsp3) is 0.500. The second-order valence-electron chi connectivity index (χ2n) is 9.84. The average molecular weight is 479 g/mol. The largest absolute Gasteiger partial charge is 0.395 e. The van der Waals surface area contributed by atoms with E-state index in [1.165, 1.54) is 25.7 Å². The first-order valence-electron chi connectivity index (χ1n) is 12.6. The van der Waals surface area contributed by atoms with Gasteiger partial charge in [0.05, 0.1) is 11.5 Å². The second kappa shape index (κ2) is 10.2. The fourth-order valence-electron chi connectivity index (χ4n) is 5.91. The number of hydrogen-bond donors (Lipinski definition) is 1. The van der Waals surface area contributed by atoms with Gasteiger partial charge in [-0.05, 0) is 62.1 Å². The molecule has 1 saturated carbocycles. The van der Waals surface area contributed by atoms with Crippen molar-refractivity contribution < 1.29 is 13.5 Å². The molecule has 2 aromatic rings. The molecule has 2 aromatic carbocycles. The Labute approximate surface area is 203 Å². The van der Waals surface area contributed by atoms with E-state index in [1.54, 1.807) is 28.6 Å². The Morgan fingerprint density at radius 2 is 1.62 bits per heavy atom. The number of fused-ring (bicyclic) bond motifs is 1. The smallest absolute Gasteiger partial charge is 0.243 e. The number of benzene rings is 2. The Hall–Kier alpha value is -2.17. The van der Waals surface area contributed by atoms with Crippen LogP contribution in [0.2, 0.25) is 0 Å². The molecule has 5 nitrogen and oxygen atoms in total. The van der Waals surface area contributed by atoms with Gasteiger partial charge in [-0.1, -0.05) is 55.0 Å². The molecule has 0 unspecified atom stereocenters. The molecule has 2 saturated heterocycles. The topological polar surface area (TPSA) is 60.9 Å². The van der Waals surface area contributed by atoms with E-state index in [9.17, 15) is 13.5 Å². The maximum atomic E-state index is 13.4. The highest BCUT2D eigenvalue weighted by atomic mass is 32.2. The lowest BCUT2D eigenvalue weighted by Gasteiger charge is -2.57. The van der Waals surface area contributed by atoms with Crippen LogP contribution in [-0.2, 0) is 10.0 Å². The molecule has 2 aliphatic heterocycles. The molecule has 0 radical (unpaired) electrons. The third-order valence-corrected chi connectivity index (χ3v) is 9.66. The van der Waals surface area contributed by atoms with E-state index >= 15 is 0 Å². The SMILES string of the molecule is O=S(=O)(c1ccccc1)N1CCCCN2[C@H](CO)[C@H](c3ccc(C#CC4CCCC4)cc3)[C@H]2C1. The van der Waals surface area contributed by atoms with E-state index in [0.29, 0.717) is 23.9 Å². The van der Waals surface area contributed by atoms with Crippen LogP contribution in [0.15, 0.2) is 59.5 Å². The maximum absolute atomic E-state index is 13.4. The van der Waals surface area contributed by atoms with Crippen LogP contribution in [0.25, 0.3) is 0 Å². The molecule has 1 aliphatic carbocycles. The number of sulfonamides is 1. The lowest BCUT2D eigenvalue weighted by molar-refractivity contribution is -0.0553. The minimum atomic E-state index is -3.55. The van der Waals surface area contributed by atoms with Crippen molar-refractivity contribution in [3.63, 3.8) is 0 Å². The number of rotatable bonds is 4. The minimum Gasteiger partial charge on any atom is -0.395 e. The van der Waals surface area contributed by atoms with Crippen molar-refractivity contribution in [2.45, 2.75) is 61.4 Å². The summed E-state index contributed by atoms with van der Waals surface area (Å²) in [5, 5.41) is 10.2. The van der Waals surface area contributed by atoms with Crippen LogP contribution in [0.3, 0.4) is 0 Å². The molecule has 6 heteroatoms. The average Bonchev–Trinajstić information content (AvgIpc) is 3.37. The molecule has 0 spiro atoms. The van der Waals surface area contributed by atoms with Crippen molar-refractivity contribution in [2.24, 2.45) is 5.92 Å². The molecule has 0 amide bonds. The van der Waals surface area contributed by atoms with Gasteiger partial charge >= 0.3 is 0 Å². The van der Waals surface area contributed by atoms with Crippen LogP contribution in [0.4, 0.5) is 0 Å². The van der Waals surface area contributed by atoms with Gasteiger partial charge in [0.2, 0.25) is 10.0 Å². The summed E-state index contributed by atoms with van der Waals surface area (Å²) in [6.45, 7) is 1.96. The Kier molecular flexibility index (Phi) is 7.08. The third-order valence-electron chi connectivity index (χ3n) is 7.78. The summed E-state index contributed by atoms with van der Waals surface area (Å²) in [4.78, 5) is 2.66. The van der Waals surface area contributed by atoms with Crippen molar-refractivity contribution in [3.05, 3.63) is 65.7 Å². The molecular formula is C28H34N2O3S. The highest BCUT2D eigenvalue weighted by Crippen LogP contribution is 2.42. The van der Waals surface area contributed by atoms with Crippen molar-refractivity contribution in [2.75, 3.05) is 26.2 Å². The normalized spacial score (nSPS) is 26.6. The molecule has 0 aromatic heterocycles. The zero-order valence-corrected chi connectivity index (χ0v) is 20.5. The molecule has 1 N–H and O–H groups in total. The summed E-state index contributed by atoms with van der Waals surface area (Å²) in [5.41, 5.74) is 2.18. The Morgan fingerprint density at radius 3 is 2.32 bits per heavy atom. The molecule has 3 atom stereocenters. The predicted octanol–water partition coefficient (Wildman–Crippen LogP) is 3.84. The summed E-state index contributed by atoms with van der Waals surface area (Å²) < 4.78 is 28.4. The van der Waals surface area contributed by atoms with Crippen molar-refractivity contribution in [1.82, 2.24) is 9.21 Å². The number of aliphatic hydroxyl groups is 1. The zero-order valence-electron chi connectivity index (χ0n) is 19.6. The monoisotopic (exact) mass is 478 g/mol. The Morgan fingerprint density at radius 1 is 0.912 bits per heavy atom. The lowest BCUT2D eigenvalue weighted by atomic mass is 9.74. The first-order valence-corrected chi connectivity index (χ1v) is 14.1. The van der Waals surface area contributed by atoms with Gasteiger partial charge < -0.3 is 5.11 Å². The van der Waals surface area contributed by atoms with E-state index in [-0.39, 0.29) is 24.6 Å². The van der Waals surface area contributed by atoms with Crippen LogP contribution in [0, 0.1) is 17.8 Å². The van der Waals surface area contributed by atoms with E-state index in [2.05, 4.69) is 41.0 Å². The van der Waals surface area contributed by atoms with Gasteiger partial charge in [0, 0.05) is 42.6 Å². The van der Waals surface area contributed by atoms with Crippen LogP contribution in [0.5, 0.6) is 0 Å². The maximum Gasteiger partial charge on any atom is 0.243 e. The van der Waals surface area contributed by atoms with Crippen LogP contribution in [0.1, 0.15) is 55.6 Å². The van der Waals surface area contributed by atoms with Crippen molar-refractivity contribution in [1.29, 1.82) is 0 Å². The van der Waals surface area contributed by atoms with Gasteiger partial charge in [0.1, 0.15) is 0 Å². The number of aliphatic hydroxyl groups excluding tert-OH is 1. The van der Waals surface area contributed by atoms with Gasteiger partial charge in [0.15, 0.2) is 0 Å². The zero-order chi connectivity index (χ0) is 23.5. The first-order chi connectivity index (χ1) is 16.6. The highest BCUT2D eigenvalue weighted by molar-refractivity contribution is 7.89. The first kappa shape index (κ1) is 23.6. The summed E-state index contributed by atoms with van der Waals surface area (Å²) >= 11 is 0. The quantitative estimate of drug-likeness (QED) is 0.679. The molecule has 5 rings (SSSR count). The third kappa shape index (κ3) is 4.67. The van der Waals surface area contributed by atoms with Gasteiger partial charge in [-0.25, -0.2) is 8.42 Å². The second-order valence-corrected chi connectivity index (χ2v) is 11.8. The Bertz CT molecular complexity index is 1130. The van der Waals surface area contributed by atoms with Crippen LogP contribution >= 0.6 is 0 Å². The highest BCUT2D eigenvalue weighted by Gasteiger charge is 2.50.